The summed E-state index contributed by atoms with van der Waals surface area (Å²) < 4.78 is 15.9. The molecule has 0 radical (unpaired) electrons. The van der Waals surface area contributed by atoms with E-state index in [0.717, 1.165) is 47.1 Å². The van der Waals surface area contributed by atoms with E-state index < -0.39 is 23.2 Å². The molecule has 1 aliphatic carbocycles. The normalized spacial score (nSPS) is 12.4. The predicted octanol–water partition coefficient (Wildman–Crippen LogP) is 7.91. The molecule has 10 nitrogen and oxygen atoms in total. The lowest BCUT2D eigenvalue weighted by atomic mass is 9.98. The molecule has 4 aromatic carbocycles. The molecular weight excluding hydrogens is 600 g/mol. The van der Waals surface area contributed by atoms with Gasteiger partial charge in [0, 0.05) is 24.5 Å². The molecule has 1 atom stereocenters. The van der Waals surface area contributed by atoms with Crippen LogP contribution in [0.1, 0.15) is 60.8 Å². The highest BCUT2D eigenvalue weighted by Gasteiger charge is 2.30. The van der Waals surface area contributed by atoms with Crippen molar-refractivity contribution in [1.29, 1.82) is 0 Å². The molecule has 0 aromatic heterocycles. The Morgan fingerprint density at radius 1 is 0.809 bits per heavy atom. The minimum atomic E-state index is -0.952. The third-order valence-corrected chi connectivity index (χ3v) is 8.13. The summed E-state index contributed by atoms with van der Waals surface area (Å²) in [5.41, 5.74) is 5.83. The number of hydrogen-bond acceptors (Lipinski definition) is 8. The fourth-order valence-corrected chi connectivity index (χ4v) is 5.68. The Morgan fingerprint density at radius 3 is 2.04 bits per heavy atom. The maximum Gasteiger partial charge on any atom is 0.514 e. The number of nitrogens with zero attached hydrogens (tertiary/aromatic N) is 1. The molecule has 0 spiro atoms. The number of non-ortho nitro benzene ring substituents is 1. The summed E-state index contributed by atoms with van der Waals surface area (Å²) in [7, 11) is 0. The summed E-state index contributed by atoms with van der Waals surface area (Å²) in [6.45, 7) is 2.18. The Labute approximate surface area is 272 Å². The second-order valence-electron chi connectivity index (χ2n) is 11.4. The van der Waals surface area contributed by atoms with Crippen molar-refractivity contribution < 1.29 is 33.5 Å². The third-order valence-electron chi connectivity index (χ3n) is 8.13. The van der Waals surface area contributed by atoms with Crippen LogP contribution in [0.3, 0.4) is 0 Å². The molecule has 10 heteroatoms. The Kier molecular flexibility index (Phi) is 11.0. The van der Waals surface area contributed by atoms with E-state index in [-0.39, 0.29) is 42.8 Å². The Bertz CT molecular complexity index is 1670. The number of alkyl carbamates (subject to hydrolysis) is 1. The molecule has 0 saturated carbocycles. The van der Waals surface area contributed by atoms with Gasteiger partial charge in [0.05, 0.1) is 11.0 Å². The Balaban J connectivity index is 1.13. The summed E-state index contributed by atoms with van der Waals surface area (Å²) in [6.07, 6.45) is 1.78. The number of carbonyl (C=O) groups excluding carboxylic acids is 3. The van der Waals surface area contributed by atoms with E-state index in [9.17, 15) is 24.5 Å². The van der Waals surface area contributed by atoms with Crippen molar-refractivity contribution >= 4 is 23.7 Å². The summed E-state index contributed by atoms with van der Waals surface area (Å²) in [6, 6.07) is 27.7. The van der Waals surface area contributed by atoms with Crippen molar-refractivity contribution in [3.63, 3.8) is 0 Å². The van der Waals surface area contributed by atoms with Crippen molar-refractivity contribution in [3.05, 3.63) is 129 Å². The van der Waals surface area contributed by atoms with Gasteiger partial charge >= 0.3 is 12.2 Å². The van der Waals surface area contributed by atoms with Crippen molar-refractivity contribution in [2.24, 2.45) is 0 Å². The number of hydrogen-bond donors (Lipinski definition) is 1. The first-order chi connectivity index (χ1) is 22.8. The van der Waals surface area contributed by atoms with Gasteiger partial charge in [-0.1, -0.05) is 99.0 Å². The van der Waals surface area contributed by atoms with Gasteiger partial charge in [-0.15, -0.1) is 0 Å². The van der Waals surface area contributed by atoms with Crippen LogP contribution in [0, 0.1) is 10.1 Å². The maximum absolute atomic E-state index is 13.4. The first-order valence-electron chi connectivity index (χ1n) is 15.6. The molecule has 0 saturated heterocycles. The summed E-state index contributed by atoms with van der Waals surface area (Å²) >= 11 is 0. The van der Waals surface area contributed by atoms with Crippen LogP contribution in [-0.2, 0) is 27.3 Å². The number of nitro groups is 1. The van der Waals surface area contributed by atoms with Crippen LogP contribution in [0.15, 0.2) is 97.1 Å². The molecule has 0 heterocycles. The van der Waals surface area contributed by atoms with Gasteiger partial charge in [0.15, 0.2) is 5.78 Å². The Morgan fingerprint density at radius 2 is 1.43 bits per heavy atom. The molecule has 1 N–H and O–H groups in total. The number of ketones is 1. The average Bonchev–Trinajstić information content (AvgIpc) is 3.40. The third kappa shape index (κ3) is 8.61. The van der Waals surface area contributed by atoms with Gasteiger partial charge in [0.25, 0.3) is 5.69 Å². The number of carbonyl (C=O) groups is 3. The molecule has 0 bridgehead atoms. The van der Waals surface area contributed by atoms with Crippen molar-refractivity contribution in [1.82, 2.24) is 5.32 Å². The maximum atomic E-state index is 13.4. The highest BCUT2D eigenvalue weighted by atomic mass is 16.7. The van der Waals surface area contributed by atoms with E-state index >= 15 is 0 Å². The topological polar surface area (TPSA) is 134 Å². The SMILES string of the molecule is CCCCC[C@H](NC(=O)OCC1c2ccccc2-c2ccccc21)C(=O)Cc1ccc(COC(=O)Oc2ccc([N+](=O)[O-])cc2)cc1. The number of Topliss-reactive ketones (excluding diaryl/α,β-unsaturated/α-hetero) is 1. The summed E-state index contributed by atoms with van der Waals surface area (Å²) in [5, 5.41) is 13.6. The zero-order valence-corrected chi connectivity index (χ0v) is 26.1. The minimum Gasteiger partial charge on any atom is -0.449 e. The molecular formula is C37H36N2O8. The number of rotatable bonds is 14. The minimum absolute atomic E-state index is 0.0664. The lowest BCUT2D eigenvalue weighted by Crippen LogP contribution is -2.42. The van der Waals surface area contributed by atoms with E-state index in [1.807, 2.05) is 24.3 Å². The smallest absolute Gasteiger partial charge is 0.449 e. The van der Waals surface area contributed by atoms with Crippen LogP contribution in [0.25, 0.3) is 11.1 Å². The number of unbranched alkanes of at least 4 members (excludes halogenated alkanes) is 2. The van der Waals surface area contributed by atoms with E-state index in [1.54, 1.807) is 24.3 Å². The lowest BCUT2D eigenvalue weighted by molar-refractivity contribution is -0.384. The van der Waals surface area contributed by atoms with Gasteiger partial charge in [-0.25, -0.2) is 9.59 Å². The van der Waals surface area contributed by atoms with Gasteiger partial charge in [0.1, 0.15) is 19.0 Å². The van der Waals surface area contributed by atoms with Crippen LogP contribution in [0.2, 0.25) is 0 Å². The van der Waals surface area contributed by atoms with Crippen LogP contribution < -0.4 is 10.1 Å². The first-order valence-corrected chi connectivity index (χ1v) is 15.6. The summed E-state index contributed by atoms with van der Waals surface area (Å²) in [4.78, 5) is 48.6. The molecule has 4 aromatic rings. The lowest BCUT2D eigenvalue weighted by Gasteiger charge is -2.19. The van der Waals surface area contributed by atoms with Gasteiger partial charge in [-0.2, -0.15) is 0 Å². The second-order valence-corrected chi connectivity index (χ2v) is 11.4. The van der Waals surface area contributed by atoms with E-state index in [0.29, 0.717) is 12.0 Å². The van der Waals surface area contributed by atoms with Crippen molar-refractivity contribution in [2.75, 3.05) is 6.61 Å². The van der Waals surface area contributed by atoms with E-state index in [1.165, 1.54) is 24.3 Å². The molecule has 0 unspecified atom stereocenters. The van der Waals surface area contributed by atoms with Crippen LogP contribution in [0.5, 0.6) is 5.75 Å². The van der Waals surface area contributed by atoms with Crippen LogP contribution in [0.4, 0.5) is 15.3 Å². The first kappa shape index (κ1) is 32.9. The standard InChI is InChI=1S/C37H36N2O8/c1-2-3-4-13-34(38-36(41)45-24-33-31-11-7-5-9-29(31)30-10-6-8-12-32(30)33)35(40)22-25-14-16-26(17-15-25)23-46-37(42)47-28-20-18-27(19-21-28)39(43)44/h5-12,14-21,33-34H,2-4,13,22-24H2,1H3,(H,38,41)/t34-/m0/s1. The predicted molar refractivity (Wildman–Crippen MR) is 175 cm³/mol. The van der Waals surface area contributed by atoms with E-state index in [2.05, 4.69) is 36.5 Å². The second kappa shape index (κ2) is 15.7. The van der Waals surface area contributed by atoms with Gasteiger partial charge in [0.2, 0.25) is 0 Å². The molecule has 47 heavy (non-hydrogen) atoms. The summed E-state index contributed by atoms with van der Waals surface area (Å²) in [5.74, 6) is -0.0750. The zero-order valence-electron chi connectivity index (χ0n) is 26.1. The molecule has 0 fully saturated rings. The highest BCUT2D eigenvalue weighted by Crippen LogP contribution is 2.44. The fourth-order valence-electron chi connectivity index (χ4n) is 5.68. The van der Waals surface area contributed by atoms with E-state index in [4.69, 9.17) is 14.2 Å². The number of benzene rings is 4. The molecule has 1 aliphatic rings. The molecule has 0 aliphatic heterocycles. The number of fused-ring (bicyclic) bond motifs is 3. The van der Waals surface area contributed by atoms with Crippen LogP contribution in [-0.4, -0.2) is 35.6 Å². The Hall–Kier alpha value is -5.51. The number of nitrogens with one attached hydrogen (secondary N) is 1. The van der Waals surface area contributed by atoms with Crippen LogP contribution >= 0.6 is 0 Å². The number of nitro benzene ring substituents is 1. The number of ether oxygens (including phenoxy) is 3. The molecule has 5 rings (SSSR count). The highest BCUT2D eigenvalue weighted by molar-refractivity contribution is 5.89. The van der Waals surface area contributed by atoms with Crippen molar-refractivity contribution in [2.45, 2.75) is 57.6 Å². The number of amides is 1. The monoisotopic (exact) mass is 636 g/mol. The van der Waals surface area contributed by atoms with Gasteiger partial charge in [-0.3, -0.25) is 14.9 Å². The fraction of sp³-hybridized carbons (Fsp3) is 0.270. The molecule has 1 amide bonds. The van der Waals surface area contributed by atoms with Gasteiger partial charge < -0.3 is 19.5 Å². The largest absolute Gasteiger partial charge is 0.514 e. The quantitative estimate of drug-likeness (QED) is 0.0485. The van der Waals surface area contributed by atoms with Gasteiger partial charge in [-0.05, 0) is 51.9 Å². The molecule has 242 valence electrons. The zero-order chi connectivity index (χ0) is 33.2. The average molecular weight is 637 g/mol. The van der Waals surface area contributed by atoms with Crippen molar-refractivity contribution in [3.8, 4) is 16.9 Å².